The summed E-state index contributed by atoms with van der Waals surface area (Å²) < 4.78 is 5.60. The van der Waals surface area contributed by atoms with E-state index >= 15 is 0 Å². The summed E-state index contributed by atoms with van der Waals surface area (Å²) in [6, 6.07) is 17.1. The average molecular weight is 361 g/mol. The Labute approximate surface area is 159 Å². The number of nitrogens with zero attached hydrogens (tertiary/aromatic N) is 1. The molecule has 0 bridgehead atoms. The van der Waals surface area contributed by atoms with Gasteiger partial charge in [-0.3, -0.25) is 4.79 Å². The quantitative estimate of drug-likeness (QED) is 0.642. The normalized spacial score (nSPS) is 10.3. The molecule has 1 heterocycles. The summed E-state index contributed by atoms with van der Waals surface area (Å²) in [6.45, 7) is 6.54. The van der Waals surface area contributed by atoms with Crippen molar-refractivity contribution in [3.63, 3.8) is 0 Å². The van der Waals surface area contributed by atoms with Gasteiger partial charge in [0, 0.05) is 11.9 Å². The van der Waals surface area contributed by atoms with Crippen LogP contribution < -0.4 is 15.4 Å². The van der Waals surface area contributed by atoms with Gasteiger partial charge in [-0.15, -0.1) is 0 Å². The lowest BCUT2D eigenvalue weighted by atomic mass is 10.1. The highest BCUT2D eigenvalue weighted by molar-refractivity contribution is 6.04. The monoisotopic (exact) mass is 361 g/mol. The van der Waals surface area contributed by atoms with Crippen LogP contribution in [-0.2, 0) is 0 Å². The Kier molecular flexibility index (Phi) is 5.71. The highest BCUT2D eigenvalue weighted by atomic mass is 16.5. The minimum Gasteiger partial charge on any atom is -0.492 e. The summed E-state index contributed by atoms with van der Waals surface area (Å²) in [5, 5.41) is 6.14. The number of nitrogens with one attached hydrogen (secondary N) is 2. The maximum absolute atomic E-state index is 12.5. The third kappa shape index (κ3) is 4.85. The molecule has 0 spiro atoms. The van der Waals surface area contributed by atoms with Gasteiger partial charge in [-0.05, 0) is 68.3 Å². The van der Waals surface area contributed by atoms with Crippen LogP contribution in [0.3, 0.4) is 0 Å². The molecule has 3 rings (SSSR count). The molecule has 0 aliphatic carbocycles. The van der Waals surface area contributed by atoms with Gasteiger partial charge in [-0.1, -0.05) is 18.2 Å². The molecule has 5 heteroatoms. The van der Waals surface area contributed by atoms with Crippen molar-refractivity contribution >= 4 is 23.1 Å². The number of ether oxygens (including phenoxy) is 1. The van der Waals surface area contributed by atoms with Crippen molar-refractivity contribution in [1.29, 1.82) is 0 Å². The first-order valence-electron chi connectivity index (χ1n) is 8.89. The van der Waals surface area contributed by atoms with Crippen LogP contribution >= 0.6 is 0 Å². The Bertz CT molecular complexity index is 916. The van der Waals surface area contributed by atoms with Crippen molar-refractivity contribution in [2.75, 3.05) is 17.2 Å². The van der Waals surface area contributed by atoms with E-state index in [9.17, 15) is 4.79 Å². The third-order valence-electron chi connectivity index (χ3n) is 3.95. The number of benzene rings is 2. The molecule has 1 aromatic heterocycles. The maximum Gasteiger partial charge on any atom is 0.257 e. The zero-order chi connectivity index (χ0) is 19.2. The molecule has 0 saturated carbocycles. The van der Waals surface area contributed by atoms with Crippen LogP contribution in [0.25, 0.3) is 0 Å². The molecular formula is C22H23N3O2. The molecule has 2 aromatic carbocycles. The van der Waals surface area contributed by atoms with Gasteiger partial charge in [0.05, 0.1) is 17.9 Å². The molecule has 0 fully saturated rings. The number of hydrogen-bond donors (Lipinski definition) is 2. The lowest BCUT2D eigenvalue weighted by molar-refractivity contribution is 0.102. The Morgan fingerprint density at radius 3 is 2.44 bits per heavy atom. The minimum absolute atomic E-state index is 0.186. The van der Waals surface area contributed by atoms with E-state index in [0.29, 0.717) is 18.0 Å². The lowest BCUT2D eigenvalue weighted by Gasteiger charge is -2.12. The highest BCUT2D eigenvalue weighted by Gasteiger charge is 2.09. The SMILES string of the molecule is CCOc1ccccc1Nc1ccc(C(=O)Nc2cc(C)cc(C)c2)cn1. The topological polar surface area (TPSA) is 63.2 Å². The van der Waals surface area contributed by atoms with Crippen LogP contribution in [0.15, 0.2) is 60.8 Å². The van der Waals surface area contributed by atoms with Crippen molar-refractivity contribution in [2.24, 2.45) is 0 Å². The number of aryl methyl sites for hydroxylation is 2. The van der Waals surface area contributed by atoms with Gasteiger partial charge >= 0.3 is 0 Å². The first-order chi connectivity index (χ1) is 13.0. The molecule has 5 nitrogen and oxygen atoms in total. The molecule has 0 aliphatic rings. The number of carbonyl (C=O) groups excluding carboxylic acids is 1. The molecule has 0 unspecified atom stereocenters. The standard InChI is InChI=1S/C22H23N3O2/c1-4-27-20-8-6-5-7-19(20)25-21-10-9-17(14-23-21)22(26)24-18-12-15(2)11-16(3)13-18/h5-14H,4H2,1-3H3,(H,23,25)(H,24,26). The van der Waals surface area contributed by atoms with Gasteiger partial charge in [-0.2, -0.15) is 0 Å². The number of aromatic nitrogens is 1. The van der Waals surface area contributed by atoms with E-state index in [1.165, 1.54) is 0 Å². The second-order valence-corrected chi connectivity index (χ2v) is 6.32. The largest absolute Gasteiger partial charge is 0.492 e. The average Bonchev–Trinajstić information content (AvgIpc) is 2.63. The Morgan fingerprint density at radius 1 is 1.04 bits per heavy atom. The lowest BCUT2D eigenvalue weighted by Crippen LogP contribution is -2.12. The van der Waals surface area contributed by atoms with Crippen LogP contribution in [0.2, 0.25) is 0 Å². The molecule has 0 aliphatic heterocycles. The summed E-state index contributed by atoms with van der Waals surface area (Å²) in [6.07, 6.45) is 1.56. The van der Waals surface area contributed by atoms with E-state index < -0.39 is 0 Å². The fraction of sp³-hybridized carbons (Fsp3) is 0.182. The van der Waals surface area contributed by atoms with E-state index in [2.05, 4.69) is 21.7 Å². The Morgan fingerprint density at radius 2 is 1.78 bits per heavy atom. The van der Waals surface area contributed by atoms with E-state index in [1.807, 2.05) is 57.2 Å². The highest BCUT2D eigenvalue weighted by Crippen LogP contribution is 2.26. The number of anilines is 3. The van der Waals surface area contributed by atoms with Gasteiger partial charge in [0.1, 0.15) is 11.6 Å². The molecule has 138 valence electrons. The zero-order valence-corrected chi connectivity index (χ0v) is 15.7. The first-order valence-corrected chi connectivity index (χ1v) is 8.89. The van der Waals surface area contributed by atoms with Crippen LogP contribution in [-0.4, -0.2) is 17.5 Å². The van der Waals surface area contributed by atoms with Gasteiger partial charge in [0.2, 0.25) is 0 Å². The number of amides is 1. The molecule has 1 amide bonds. The number of para-hydroxylation sites is 2. The third-order valence-corrected chi connectivity index (χ3v) is 3.95. The number of hydrogen-bond acceptors (Lipinski definition) is 4. The van der Waals surface area contributed by atoms with Crippen molar-refractivity contribution in [2.45, 2.75) is 20.8 Å². The minimum atomic E-state index is -0.186. The van der Waals surface area contributed by atoms with Crippen molar-refractivity contribution in [3.8, 4) is 5.75 Å². The number of pyridine rings is 1. The van der Waals surface area contributed by atoms with Crippen LogP contribution in [0.5, 0.6) is 5.75 Å². The smallest absolute Gasteiger partial charge is 0.257 e. The van der Waals surface area contributed by atoms with Crippen molar-refractivity contribution in [1.82, 2.24) is 4.98 Å². The molecule has 27 heavy (non-hydrogen) atoms. The van der Waals surface area contributed by atoms with Crippen molar-refractivity contribution < 1.29 is 9.53 Å². The maximum atomic E-state index is 12.5. The fourth-order valence-electron chi connectivity index (χ4n) is 2.84. The summed E-state index contributed by atoms with van der Waals surface area (Å²) in [5.74, 6) is 1.22. The Balaban J connectivity index is 1.70. The molecule has 2 N–H and O–H groups in total. The van der Waals surface area contributed by atoms with Gasteiger partial charge < -0.3 is 15.4 Å². The molecule has 3 aromatic rings. The summed E-state index contributed by atoms with van der Waals surface area (Å²) in [7, 11) is 0. The summed E-state index contributed by atoms with van der Waals surface area (Å²) in [4.78, 5) is 16.8. The summed E-state index contributed by atoms with van der Waals surface area (Å²) >= 11 is 0. The second-order valence-electron chi connectivity index (χ2n) is 6.32. The van der Waals surface area contributed by atoms with E-state index in [1.54, 1.807) is 18.3 Å². The molecular weight excluding hydrogens is 338 g/mol. The van der Waals surface area contributed by atoms with Gasteiger partial charge in [-0.25, -0.2) is 4.98 Å². The van der Waals surface area contributed by atoms with Gasteiger partial charge in [0.25, 0.3) is 5.91 Å². The predicted octanol–water partition coefficient (Wildman–Crippen LogP) is 5.09. The number of rotatable bonds is 6. The van der Waals surface area contributed by atoms with E-state index in [-0.39, 0.29) is 5.91 Å². The summed E-state index contributed by atoms with van der Waals surface area (Å²) in [5.41, 5.74) is 4.33. The van der Waals surface area contributed by atoms with Crippen molar-refractivity contribution in [3.05, 3.63) is 77.5 Å². The predicted molar refractivity (Wildman–Crippen MR) is 109 cm³/mol. The van der Waals surface area contributed by atoms with Gasteiger partial charge in [0.15, 0.2) is 0 Å². The van der Waals surface area contributed by atoms with E-state index in [4.69, 9.17) is 4.74 Å². The van der Waals surface area contributed by atoms with E-state index in [0.717, 1.165) is 28.3 Å². The van der Waals surface area contributed by atoms with Crippen LogP contribution in [0.4, 0.5) is 17.2 Å². The van der Waals surface area contributed by atoms with Crippen LogP contribution in [0, 0.1) is 13.8 Å². The Hall–Kier alpha value is -3.34. The molecule has 0 radical (unpaired) electrons. The van der Waals surface area contributed by atoms with Crippen LogP contribution in [0.1, 0.15) is 28.4 Å². The molecule has 0 atom stereocenters. The fourth-order valence-corrected chi connectivity index (χ4v) is 2.84. The molecule has 0 saturated heterocycles. The zero-order valence-electron chi connectivity index (χ0n) is 15.7. The second kappa shape index (κ2) is 8.36. The first kappa shape index (κ1) is 18.5. The number of carbonyl (C=O) groups is 1.